The summed E-state index contributed by atoms with van der Waals surface area (Å²) in [5.74, 6) is -0.378. The summed E-state index contributed by atoms with van der Waals surface area (Å²) in [5.41, 5.74) is 0.399. The first-order chi connectivity index (χ1) is 15.0. The van der Waals surface area contributed by atoms with Crippen molar-refractivity contribution >= 4 is 14.8 Å². The average Bonchev–Trinajstić information content (AvgIpc) is 2.76. The smallest absolute Gasteiger partial charge is 0.460 e. The summed E-state index contributed by atoms with van der Waals surface area (Å²) < 4.78 is 29.7. The van der Waals surface area contributed by atoms with Gasteiger partial charge in [-0.1, -0.05) is 65.9 Å². The number of esters is 1. The molecule has 6 nitrogen and oxygen atoms in total. The minimum absolute atomic E-state index is 0.239. The van der Waals surface area contributed by atoms with E-state index in [2.05, 4.69) is 27.4 Å². The summed E-state index contributed by atoms with van der Waals surface area (Å²) in [7, 11) is -2.72. The van der Waals surface area contributed by atoms with E-state index in [4.69, 9.17) is 22.8 Å². The van der Waals surface area contributed by atoms with E-state index in [9.17, 15) is 4.79 Å². The Kier molecular flexibility index (Phi) is 20.6. The Labute approximate surface area is 192 Å². The molecule has 0 fully saturated rings. The molecule has 0 spiro atoms. The molecule has 0 rings (SSSR count). The lowest BCUT2D eigenvalue weighted by Crippen LogP contribution is -2.47. The third-order valence-corrected chi connectivity index (χ3v) is 7.69. The van der Waals surface area contributed by atoms with Crippen LogP contribution in [-0.2, 0) is 27.5 Å². The molecule has 0 N–H and O–H groups in total. The highest BCUT2D eigenvalue weighted by molar-refractivity contribution is 6.60. The van der Waals surface area contributed by atoms with Crippen LogP contribution in [0.15, 0.2) is 12.2 Å². The molecule has 0 saturated heterocycles. The molecule has 0 aliphatic rings. The molecule has 31 heavy (non-hydrogen) atoms. The van der Waals surface area contributed by atoms with Gasteiger partial charge in [0.1, 0.15) is 6.61 Å². The van der Waals surface area contributed by atoms with Crippen molar-refractivity contribution in [1.82, 2.24) is 0 Å². The second-order valence-electron chi connectivity index (χ2n) is 7.98. The van der Waals surface area contributed by atoms with Crippen LogP contribution in [-0.4, -0.2) is 54.4 Å². The largest absolute Gasteiger partial charge is 0.501 e. The van der Waals surface area contributed by atoms with E-state index in [1.54, 1.807) is 6.92 Å². The normalized spacial score (nSPS) is 11.6. The van der Waals surface area contributed by atoms with Gasteiger partial charge in [-0.05, 0) is 32.6 Å². The van der Waals surface area contributed by atoms with Crippen LogP contribution in [0.25, 0.3) is 0 Å². The first-order valence-corrected chi connectivity index (χ1v) is 14.3. The SMILES string of the molecule is C=C(C)C(=O)OCCOCCC[Si](OCCCCC)(OCCCCC)OCCCCC. The fourth-order valence-electron chi connectivity index (χ4n) is 2.89. The quantitative estimate of drug-likeness (QED) is 0.0798. The predicted octanol–water partition coefficient (Wildman–Crippen LogP) is 6.07. The molecular formula is C24H48O6Si. The maximum absolute atomic E-state index is 11.4. The average molecular weight is 461 g/mol. The Morgan fingerprint density at radius 3 is 1.58 bits per heavy atom. The van der Waals surface area contributed by atoms with Crippen molar-refractivity contribution in [3.63, 3.8) is 0 Å². The van der Waals surface area contributed by atoms with E-state index in [1.165, 1.54) is 0 Å². The third-order valence-electron chi connectivity index (χ3n) is 4.79. The maximum atomic E-state index is 11.4. The topological polar surface area (TPSA) is 63.2 Å². The van der Waals surface area contributed by atoms with Crippen LogP contribution in [0.3, 0.4) is 0 Å². The molecule has 0 amide bonds. The summed E-state index contributed by atoms with van der Waals surface area (Å²) in [5, 5.41) is 0. The molecule has 0 heterocycles. The molecule has 0 aliphatic carbocycles. The Morgan fingerprint density at radius 2 is 1.16 bits per heavy atom. The van der Waals surface area contributed by atoms with Gasteiger partial charge in [0, 0.05) is 38.0 Å². The number of hydrogen-bond donors (Lipinski definition) is 0. The summed E-state index contributed by atoms with van der Waals surface area (Å²) in [6.07, 6.45) is 10.9. The van der Waals surface area contributed by atoms with Gasteiger partial charge in [-0.2, -0.15) is 0 Å². The van der Waals surface area contributed by atoms with Crippen molar-refractivity contribution < 1.29 is 27.5 Å². The molecule has 7 heteroatoms. The first-order valence-electron chi connectivity index (χ1n) is 12.3. The molecule has 0 bridgehead atoms. The Balaban J connectivity index is 4.60. The fraction of sp³-hybridized carbons (Fsp3) is 0.875. The standard InChI is InChI=1S/C24H48O6Si/c1-6-9-12-17-28-31(29-18-13-10-7-2,30-19-14-11-8-3)22-15-16-26-20-21-27-24(25)23(4)5/h4,6-22H2,1-3,5H3. The Morgan fingerprint density at radius 1 is 0.677 bits per heavy atom. The summed E-state index contributed by atoms with van der Waals surface area (Å²) in [6.45, 7) is 15.0. The Bertz CT molecular complexity index is 413. The van der Waals surface area contributed by atoms with Crippen molar-refractivity contribution in [2.24, 2.45) is 0 Å². The van der Waals surface area contributed by atoms with Crippen LogP contribution in [0.1, 0.15) is 91.9 Å². The molecular weight excluding hydrogens is 412 g/mol. The molecule has 0 radical (unpaired) electrons. The fourth-order valence-corrected chi connectivity index (χ4v) is 5.52. The molecule has 0 aromatic carbocycles. The zero-order chi connectivity index (χ0) is 23.2. The van der Waals surface area contributed by atoms with Gasteiger partial charge in [0.05, 0.1) is 6.61 Å². The summed E-state index contributed by atoms with van der Waals surface area (Å²) >= 11 is 0. The molecule has 0 saturated carbocycles. The molecule has 0 unspecified atom stereocenters. The number of hydrogen-bond acceptors (Lipinski definition) is 6. The summed E-state index contributed by atoms with van der Waals surface area (Å²) in [6, 6.07) is 0.753. The highest BCUT2D eigenvalue weighted by atomic mass is 28.4. The second kappa shape index (κ2) is 21.1. The van der Waals surface area contributed by atoms with E-state index in [-0.39, 0.29) is 12.6 Å². The minimum atomic E-state index is -2.72. The van der Waals surface area contributed by atoms with Crippen molar-refractivity contribution in [1.29, 1.82) is 0 Å². The number of carbonyl (C=O) groups is 1. The van der Waals surface area contributed by atoms with Crippen LogP contribution in [0.2, 0.25) is 6.04 Å². The zero-order valence-electron chi connectivity index (χ0n) is 20.7. The van der Waals surface area contributed by atoms with Gasteiger partial charge < -0.3 is 22.8 Å². The van der Waals surface area contributed by atoms with Gasteiger partial charge in [0.2, 0.25) is 0 Å². The Hall–Kier alpha value is -0.733. The highest BCUT2D eigenvalue weighted by Gasteiger charge is 2.40. The van der Waals surface area contributed by atoms with Crippen LogP contribution >= 0.6 is 0 Å². The lowest BCUT2D eigenvalue weighted by atomic mass is 10.3. The van der Waals surface area contributed by atoms with Gasteiger partial charge in [0.25, 0.3) is 0 Å². The van der Waals surface area contributed by atoms with Crippen LogP contribution in [0, 0.1) is 0 Å². The lowest BCUT2D eigenvalue weighted by Gasteiger charge is -2.30. The van der Waals surface area contributed by atoms with Gasteiger partial charge in [-0.25, -0.2) is 4.79 Å². The number of carbonyl (C=O) groups excluding carboxylic acids is 1. The van der Waals surface area contributed by atoms with E-state index in [1.807, 2.05) is 0 Å². The minimum Gasteiger partial charge on any atom is -0.460 e. The third kappa shape index (κ3) is 17.5. The van der Waals surface area contributed by atoms with Gasteiger partial charge >= 0.3 is 14.8 Å². The zero-order valence-corrected chi connectivity index (χ0v) is 21.7. The van der Waals surface area contributed by atoms with E-state index in [0.29, 0.717) is 38.6 Å². The van der Waals surface area contributed by atoms with Crippen LogP contribution in [0.5, 0.6) is 0 Å². The van der Waals surface area contributed by atoms with Crippen molar-refractivity contribution in [3.05, 3.63) is 12.2 Å². The van der Waals surface area contributed by atoms with E-state index >= 15 is 0 Å². The van der Waals surface area contributed by atoms with Gasteiger partial charge in [-0.3, -0.25) is 0 Å². The highest BCUT2D eigenvalue weighted by Crippen LogP contribution is 2.21. The molecule has 0 aromatic rings. The summed E-state index contributed by atoms with van der Waals surface area (Å²) in [4.78, 5) is 11.4. The number of unbranched alkanes of at least 4 members (excludes halogenated alkanes) is 6. The number of ether oxygens (including phenoxy) is 2. The van der Waals surface area contributed by atoms with Crippen molar-refractivity contribution in [2.45, 2.75) is 97.9 Å². The van der Waals surface area contributed by atoms with E-state index < -0.39 is 8.80 Å². The molecule has 0 atom stereocenters. The number of rotatable bonds is 23. The van der Waals surface area contributed by atoms with Gasteiger partial charge in [0.15, 0.2) is 0 Å². The second-order valence-corrected chi connectivity index (χ2v) is 10.7. The van der Waals surface area contributed by atoms with Crippen molar-refractivity contribution in [2.75, 3.05) is 39.6 Å². The van der Waals surface area contributed by atoms with E-state index in [0.717, 1.165) is 70.3 Å². The van der Waals surface area contributed by atoms with Crippen molar-refractivity contribution in [3.8, 4) is 0 Å². The first kappa shape index (κ1) is 30.3. The molecule has 0 aromatic heterocycles. The maximum Gasteiger partial charge on any atom is 0.501 e. The predicted molar refractivity (Wildman–Crippen MR) is 128 cm³/mol. The monoisotopic (exact) mass is 460 g/mol. The molecule has 0 aliphatic heterocycles. The molecule has 184 valence electrons. The lowest BCUT2D eigenvalue weighted by molar-refractivity contribution is -0.140. The van der Waals surface area contributed by atoms with Crippen LogP contribution < -0.4 is 0 Å². The van der Waals surface area contributed by atoms with Gasteiger partial charge in [-0.15, -0.1) is 0 Å². The van der Waals surface area contributed by atoms with Crippen LogP contribution in [0.4, 0.5) is 0 Å².